The van der Waals surface area contributed by atoms with Gasteiger partial charge in [0.25, 0.3) is 5.69 Å². The molecule has 0 saturated carbocycles. The van der Waals surface area contributed by atoms with Crippen molar-refractivity contribution in [3.8, 4) is 11.1 Å². The van der Waals surface area contributed by atoms with Crippen molar-refractivity contribution in [1.29, 1.82) is 0 Å². The number of carbonyl (C=O) groups is 1. The number of nitro groups is 1. The van der Waals surface area contributed by atoms with Crippen LogP contribution in [0, 0.1) is 15.9 Å². The predicted octanol–water partition coefficient (Wildman–Crippen LogP) is 4.52. The third-order valence-corrected chi connectivity index (χ3v) is 4.03. The highest BCUT2D eigenvalue weighted by atomic mass is 79.9. The Labute approximate surface area is 131 Å². The number of carboxylic acids is 1. The van der Waals surface area contributed by atoms with Gasteiger partial charge in [0.1, 0.15) is 0 Å². The lowest BCUT2D eigenvalue weighted by molar-refractivity contribution is -0.384. The lowest BCUT2D eigenvalue weighted by atomic mass is 10.0. The maximum absolute atomic E-state index is 14.1. The molecule has 0 aliphatic rings. The zero-order valence-corrected chi connectivity index (χ0v) is 12.5. The molecule has 0 amide bonds. The summed E-state index contributed by atoms with van der Waals surface area (Å²) < 4.78 is 14.5. The van der Waals surface area contributed by atoms with E-state index in [2.05, 4.69) is 15.9 Å². The smallest absolute Gasteiger partial charge is 0.335 e. The summed E-state index contributed by atoms with van der Waals surface area (Å²) in [4.78, 5) is 21.2. The minimum atomic E-state index is -1.31. The fraction of sp³-hybridized carbons (Fsp3) is 0. The summed E-state index contributed by atoms with van der Waals surface area (Å²) in [5.74, 6) is -2.13. The normalized spacial score (nSPS) is 10.4. The predicted molar refractivity (Wildman–Crippen MR) is 78.2 cm³/mol. The molecule has 21 heavy (non-hydrogen) atoms. The standard InChI is InChI=1S/C13H6BrClFNO4/c14-9-4-3-8(12(16)11(9)15)7-2-1-6(13(18)19)5-10(7)17(20)21/h1-5H,(H,18,19). The molecule has 0 radical (unpaired) electrons. The fourth-order valence-electron chi connectivity index (χ4n) is 1.78. The molecule has 0 aliphatic carbocycles. The van der Waals surface area contributed by atoms with Crippen molar-refractivity contribution in [3.63, 3.8) is 0 Å². The Morgan fingerprint density at radius 2 is 1.90 bits per heavy atom. The van der Waals surface area contributed by atoms with Crippen molar-refractivity contribution in [3.05, 3.63) is 61.3 Å². The number of halogens is 3. The molecule has 0 spiro atoms. The molecule has 2 aromatic rings. The van der Waals surface area contributed by atoms with E-state index >= 15 is 0 Å². The van der Waals surface area contributed by atoms with Crippen LogP contribution in [0.5, 0.6) is 0 Å². The van der Waals surface area contributed by atoms with Crippen LogP contribution in [0.15, 0.2) is 34.8 Å². The number of aromatic carboxylic acids is 1. The molecule has 0 aliphatic heterocycles. The van der Waals surface area contributed by atoms with Crippen LogP contribution in [0.2, 0.25) is 5.02 Å². The molecule has 1 N–H and O–H groups in total. The number of nitrogens with zero attached hydrogens (tertiary/aromatic N) is 1. The van der Waals surface area contributed by atoms with Gasteiger partial charge in [-0.05, 0) is 40.2 Å². The van der Waals surface area contributed by atoms with Gasteiger partial charge in [0, 0.05) is 16.1 Å². The van der Waals surface area contributed by atoms with Gasteiger partial charge < -0.3 is 5.11 Å². The van der Waals surface area contributed by atoms with Crippen molar-refractivity contribution in [2.45, 2.75) is 0 Å². The molecule has 2 aromatic carbocycles. The molecule has 108 valence electrons. The Kier molecular flexibility index (Phi) is 4.24. The summed E-state index contributed by atoms with van der Waals surface area (Å²) in [6, 6.07) is 6.01. The van der Waals surface area contributed by atoms with E-state index in [1.165, 1.54) is 24.3 Å². The van der Waals surface area contributed by atoms with E-state index < -0.39 is 22.4 Å². The fourth-order valence-corrected chi connectivity index (χ4v) is 2.25. The van der Waals surface area contributed by atoms with Crippen LogP contribution in [0.4, 0.5) is 10.1 Å². The van der Waals surface area contributed by atoms with E-state index in [0.29, 0.717) is 4.47 Å². The van der Waals surface area contributed by atoms with Gasteiger partial charge in [-0.1, -0.05) is 11.6 Å². The van der Waals surface area contributed by atoms with Crippen LogP contribution in [-0.2, 0) is 0 Å². The molecule has 0 atom stereocenters. The van der Waals surface area contributed by atoms with Crippen molar-refractivity contribution in [2.75, 3.05) is 0 Å². The molecule has 0 heterocycles. The van der Waals surface area contributed by atoms with E-state index in [1.807, 2.05) is 0 Å². The quantitative estimate of drug-likeness (QED) is 0.487. The molecule has 8 heteroatoms. The highest BCUT2D eigenvalue weighted by Gasteiger charge is 2.22. The first-order chi connectivity index (χ1) is 9.82. The van der Waals surface area contributed by atoms with Crippen molar-refractivity contribution >= 4 is 39.2 Å². The molecule has 0 aromatic heterocycles. The van der Waals surface area contributed by atoms with E-state index in [-0.39, 0.29) is 21.7 Å². The second-order valence-corrected chi connectivity index (χ2v) is 5.25. The third-order valence-electron chi connectivity index (χ3n) is 2.77. The Bertz CT molecular complexity index is 766. The topological polar surface area (TPSA) is 80.4 Å². The summed E-state index contributed by atoms with van der Waals surface area (Å²) in [6.07, 6.45) is 0. The largest absolute Gasteiger partial charge is 0.478 e. The summed E-state index contributed by atoms with van der Waals surface area (Å²) in [6.45, 7) is 0. The van der Waals surface area contributed by atoms with Gasteiger partial charge in [0.15, 0.2) is 5.82 Å². The Hall–Kier alpha value is -1.99. The van der Waals surface area contributed by atoms with Crippen LogP contribution >= 0.6 is 27.5 Å². The van der Waals surface area contributed by atoms with Gasteiger partial charge in [0.05, 0.1) is 21.1 Å². The maximum Gasteiger partial charge on any atom is 0.335 e. The first kappa shape index (κ1) is 15.4. The third kappa shape index (κ3) is 2.88. The van der Waals surface area contributed by atoms with Crippen molar-refractivity contribution in [1.82, 2.24) is 0 Å². The SMILES string of the molecule is O=C(O)c1ccc(-c2ccc(Br)c(Cl)c2F)c([N+](=O)[O-])c1. The minimum Gasteiger partial charge on any atom is -0.478 e. The lowest BCUT2D eigenvalue weighted by Crippen LogP contribution is -2.00. The zero-order chi connectivity index (χ0) is 15.7. The monoisotopic (exact) mass is 373 g/mol. The molecule has 0 saturated heterocycles. The van der Waals surface area contributed by atoms with Gasteiger partial charge in [-0.15, -0.1) is 0 Å². The number of rotatable bonds is 3. The number of hydrogen-bond donors (Lipinski definition) is 1. The summed E-state index contributed by atoms with van der Waals surface area (Å²) in [5.41, 5.74) is -0.884. The molecule has 0 bridgehead atoms. The second kappa shape index (κ2) is 5.79. The maximum atomic E-state index is 14.1. The number of benzene rings is 2. The van der Waals surface area contributed by atoms with Crippen LogP contribution in [-0.4, -0.2) is 16.0 Å². The van der Waals surface area contributed by atoms with Crippen LogP contribution in [0.25, 0.3) is 11.1 Å². The van der Waals surface area contributed by atoms with Gasteiger partial charge >= 0.3 is 5.97 Å². The van der Waals surface area contributed by atoms with Crippen LogP contribution in [0.1, 0.15) is 10.4 Å². The summed E-state index contributed by atoms with van der Waals surface area (Å²) >= 11 is 8.81. The van der Waals surface area contributed by atoms with Gasteiger partial charge in [-0.25, -0.2) is 9.18 Å². The lowest BCUT2D eigenvalue weighted by Gasteiger charge is -2.08. The highest BCUT2D eigenvalue weighted by molar-refractivity contribution is 9.10. The molecule has 5 nitrogen and oxygen atoms in total. The van der Waals surface area contributed by atoms with E-state index in [1.54, 1.807) is 0 Å². The van der Waals surface area contributed by atoms with Crippen molar-refractivity contribution in [2.24, 2.45) is 0 Å². The zero-order valence-electron chi connectivity index (χ0n) is 10.1. The van der Waals surface area contributed by atoms with Crippen molar-refractivity contribution < 1.29 is 19.2 Å². The Morgan fingerprint density at radius 1 is 1.29 bits per heavy atom. The molecule has 2 rings (SSSR count). The first-order valence-electron chi connectivity index (χ1n) is 5.48. The van der Waals surface area contributed by atoms with Gasteiger partial charge in [-0.3, -0.25) is 10.1 Å². The number of hydrogen-bond acceptors (Lipinski definition) is 3. The van der Waals surface area contributed by atoms with Gasteiger partial charge in [0.2, 0.25) is 0 Å². The average molecular weight is 375 g/mol. The Balaban J connectivity index is 2.72. The number of carboxylic acid groups (broad SMARTS) is 1. The minimum absolute atomic E-state index is 0.0445. The van der Waals surface area contributed by atoms with Crippen LogP contribution < -0.4 is 0 Å². The Morgan fingerprint density at radius 3 is 2.48 bits per heavy atom. The molecule has 0 fully saturated rings. The average Bonchev–Trinajstić information content (AvgIpc) is 2.44. The summed E-state index contributed by atoms with van der Waals surface area (Å²) in [7, 11) is 0. The second-order valence-electron chi connectivity index (χ2n) is 4.02. The van der Waals surface area contributed by atoms with E-state index in [9.17, 15) is 19.3 Å². The summed E-state index contributed by atoms with van der Waals surface area (Å²) in [5, 5.41) is 19.7. The first-order valence-corrected chi connectivity index (χ1v) is 6.65. The molecular weight excluding hydrogens is 369 g/mol. The van der Waals surface area contributed by atoms with E-state index in [4.69, 9.17) is 16.7 Å². The van der Waals surface area contributed by atoms with Gasteiger partial charge in [-0.2, -0.15) is 0 Å². The highest BCUT2D eigenvalue weighted by Crippen LogP contribution is 2.37. The molecular formula is C13H6BrClFNO4. The molecule has 0 unspecified atom stereocenters. The van der Waals surface area contributed by atoms with Crippen LogP contribution in [0.3, 0.4) is 0 Å². The van der Waals surface area contributed by atoms with E-state index in [0.717, 1.165) is 6.07 Å². The number of nitro benzene ring substituents is 1.